The summed E-state index contributed by atoms with van der Waals surface area (Å²) in [5, 5.41) is -0.00176. The Morgan fingerprint density at radius 1 is 1.07 bits per heavy atom. The highest BCUT2D eigenvalue weighted by Gasteiger charge is 2.26. The molecule has 0 aliphatic heterocycles. The zero-order valence-electron chi connectivity index (χ0n) is 13.3. The van der Waals surface area contributed by atoms with Crippen LogP contribution < -0.4 is 4.74 Å². The predicted molar refractivity (Wildman–Crippen MR) is 91.3 cm³/mol. The van der Waals surface area contributed by atoms with Crippen LogP contribution in [0.5, 0.6) is 11.5 Å². The molecule has 138 valence electrons. The minimum absolute atomic E-state index is 0.00176. The summed E-state index contributed by atoms with van der Waals surface area (Å²) in [5.74, 6) is -3.92. The number of hydrogen-bond donors (Lipinski definition) is 3. The van der Waals surface area contributed by atoms with Gasteiger partial charge in [0.1, 0.15) is 22.3 Å². The molecule has 0 bridgehead atoms. The van der Waals surface area contributed by atoms with Crippen molar-refractivity contribution in [2.45, 2.75) is 4.90 Å². The number of H-pyrrole nitrogens is 2. The fraction of sp³-hybridized carbons (Fsp3) is 0. The number of nitrogens with one attached hydrogen (secondary N) is 2. The molecule has 0 saturated heterocycles. The van der Waals surface area contributed by atoms with Gasteiger partial charge in [0.05, 0.1) is 11.1 Å². The number of imidazole rings is 1. The summed E-state index contributed by atoms with van der Waals surface area (Å²) < 4.78 is 69.5. The average molecular weight is 393 g/mol. The molecule has 3 N–H and O–H groups in total. The number of benzene rings is 2. The van der Waals surface area contributed by atoms with Crippen molar-refractivity contribution in [2.75, 3.05) is 0 Å². The van der Waals surface area contributed by atoms with E-state index in [-0.39, 0.29) is 28.0 Å². The van der Waals surface area contributed by atoms with Gasteiger partial charge in [-0.3, -0.25) is 0 Å². The first-order chi connectivity index (χ1) is 13.0. The van der Waals surface area contributed by atoms with E-state index >= 15 is 0 Å². The highest BCUT2D eigenvalue weighted by atomic mass is 32.2. The maximum absolute atomic E-state index is 14.5. The second kappa shape index (κ2) is 6.56. The van der Waals surface area contributed by atoms with Crippen LogP contribution in [0.2, 0.25) is 0 Å². The Morgan fingerprint density at radius 2 is 1.89 bits per heavy atom. The topological polar surface area (TPSA) is 91.0 Å². The second-order valence-corrected chi connectivity index (χ2v) is 6.39. The fourth-order valence-electron chi connectivity index (χ4n) is 2.72. The molecule has 1 atom stereocenters. The number of aromatic nitrogens is 3. The Bertz CT molecular complexity index is 1180. The molecule has 27 heavy (non-hydrogen) atoms. The molecule has 0 aliphatic carbocycles. The van der Waals surface area contributed by atoms with Crippen LogP contribution in [0.25, 0.3) is 22.3 Å². The van der Waals surface area contributed by atoms with Gasteiger partial charge in [-0.1, -0.05) is 0 Å². The van der Waals surface area contributed by atoms with E-state index in [2.05, 4.69) is 15.0 Å². The maximum Gasteiger partial charge on any atom is 0.204 e. The van der Waals surface area contributed by atoms with E-state index in [1.54, 1.807) is 0 Å². The smallest absolute Gasteiger partial charge is 0.204 e. The van der Waals surface area contributed by atoms with Crippen molar-refractivity contribution in [1.29, 1.82) is 0 Å². The second-order valence-electron chi connectivity index (χ2n) is 5.48. The first kappa shape index (κ1) is 17.3. The molecule has 10 heteroatoms. The van der Waals surface area contributed by atoms with Crippen molar-refractivity contribution in [3.63, 3.8) is 0 Å². The van der Waals surface area contributed by atoms with E-state index in [9.17, 15) is 21.9 Å². The molecule has 4 aromatic rings. The Hall–Kier alpha value is -3.11. The molecule has 6 nitrogen and oxygen atoms in total. The quantitative estimate of drug-likeness (QED) is 0.450. The van der Waals surface area contributed by atoms with Crippen LogP contribution in [0.1, 0.15) is 0 Å². The molecular formula is C17H10F3N3O3S. The van der Waals surface area contributed by atoms with Crippen LogP contribution in [-0.2, 0) is 11.1 Å². The number of aromatic amines is 2. The normalized spacial score (nSPS) is 12.4. The number of ether oxygens (including phenoxy) is 1. The number of halogens is 3. The lowest BCUT2D eigenvalue weighted by Gasteiger charge is -2.13. The van der Waals surface area contributed by atoms with Crippen molar-refractivity contribution < 1.29 is 26.7 Å². The standard InChI is InChI=1S/C17H10F3N3O3S/c18-11-2-1-8(7-10(11)17-22-5-6-23-17)26-15-13(20)12(19)14-9(3-4-21-14)16(15)27(24)25/h1-7,21H,(H,22,23)(H,24,25). The van der Waals surface area contributed by atoms with Crippen LogP contribution in [0.15, 0.2) is 47.8 Å². The molecule has 4 rings (SSSR count). The van der Waals surface area contributed by atoms with E-state index in [0.29, 0.717) is 0 Å². The van der Waals surface area contributed by atoms with Crippen molar-refractivity contribution in [2.24, 2.45) is 0 Å². The van der Waals surface area contributed by atoms with Crippen LogP contribution in [0, 0.1) is 17.5 Å². The van der Waals surface area contributed by atoms with Gasteiger partial charge in [0.2, 0.25) is 5.82 Å². The first-order valence-electron chi connectivity index (χ1n) is 7.53. The van der Waals surface area contributed by atoms with Gasteiger partial charge in [0.15, 0.2) is 22.6 Å². The molecule has 1 unspecified atom stereocenters. The molecule has 0 radical (unpaired) electrons. The molecular weight excluding hydrogens is 383 g/mol. The van der Waals surface area contributed by atoms with Gasteiger partial charge < -0.3 is 19.3 Å². The lowest BCUT2D eigenvalue weighted by Crippen LogP contribution is -2.02. The summed E-state index contributed by atoms with van der Waals surface area (Å²) in [6, 6.07) is 4.79. The first-order valence-corrected chi connectivity index (χ1v) is 8.64. The monoisotopic (exact) mass is 393 g/mol. The number of rotatable bonds is 4. The van der Waals surface area contributed by atoms with Gasteiger partial charge in [0.25, 0.3) is 0 Å². The van der Waals surface area contributed by atoms with E-state index in [1.165, 1.54) is 36.8 Å². The zero-order valence-corrected chi connectivity index (χ0v) is 14.1. The Morgan fingerprint density at radius 3 is 2.59 bits per heavy atom. The number of nitrogens with zero attached hydrogens (tertiary/aromatic N) is 1. The molecule has 2 aromatic heterocycles. The third-order valence-corrected chi connectivity index (χ3v) is 4.65. The maximum atomic E-state index is 14.5. The van der Waals surface area contributed by atoms with Gasteiger partial charge >= 0.3 is 0 Å². The lowest BCUT2D eigenvalue weighted by atomic mass is 10.2. The van der Waals surface area contributed by atoms with Gasteiger partial charge in [-0.15, -0.1) is 0 Å². The summed E-state index contributed by atoms with van der Waals surface area (Å²) >= 11 is -2.67. The lowest BCUT2D eigenvalue weighted by molar-refractivity contribution is 0.406. The summed E-state index contributed by atoms with van der Waals surface area (Å²) in [6.45, 7) is 0. The van der Waals surface area contributed by atoms with Gasteiger partial charge in [0, 0.05) is 24.0 Å². The highest BCUT2D eigenvalue weighted by Crippen LogP contribution is 2.39. The third kappa shape index (κ3) is 2.88. The molecule has 2 heterocycles. The van der Waals surface area contributed by atoms with Crippen molar-refractivity contribution in [1.82, 2.24) is 15.0 Å². The summed E-state index contributed by atoms with van der Waals surface area (Å²) in [5.41, 5.74) is -0.222. The minimum Gasteiger partial charge on any atom is -0.453 e. The van der Waals surface area contributed by atoms with Crippen molar-refractivity contribution in [3.05, 3.63) is 60.3 Å². The van der Waals surface area contributed by atoms with Crippen LogP contribution >= 0.6 is 0 Å². The Kier molecular flexibility index (Phi) is 4.21. The van der Waals surface area contributed by atoms with E-state index in [4.69, 9.17) is 4.74 Å². The molecule has 0 spiro atoms. The number of fused-ring (bicyclic) bond motifs is 1. The zero-order chi connectivity index (χ0) is 19.1. The molecule has 0 amide bonds. The summed E-state index contributed by atoms with van der Waals surface area (Å²) in [6.07, 6.45) is 4.22. The third-order valence-electron chi connectivity index (χ3n) is 3.90. The molecule has 2 aromatic carbocycles. The van der Waals surface area contributed by atoms with Gasteiger partial charge in [-0.2, -0.15) is 4.39 Å². The van der Waals surface area contributed by atoms with Crippen molar-refractivity contribution >= 4 is 22.0 Å². The predicted octanol–water partition coefficient (Wildman–Crippen LogP) is 4.35. The van der Waals surface area contributed by atoms with Gasteiger partial charge in [-0.05, 0) is 24.3 Å². The minimum atomic E-state index is -2.67. The fourth-order valence-corrected chi connectivity index (χ4v) is 3.36. The highest BCUT2D eigenvalue weighted by molar-refractivity contribution is 7.79. The summed E-state index contributed by atoms with van der Waals surface area (Å²) in [7, 11) is 0. The number of hydrogen-bond acceptors (Lipinski definition) is 3. The van der Waals surface area contributed by atoms with E-state index in [0.717, 1.165) is 6.07 Å². The van der Waals surface area contributed by atoms with Crippen LogP contribution in [0.3, 0.4) is 0 Å². The Labute approximate surface area is 152 Å². The Balaban J connectivity index is 1.87. The van der Waals surface area contributed by atoms with Gasteiger partial charge in [-0.25, -0.2) is 18.0 Å². The summed E-state index contributed by atoms with van der Waals surface area (Å²) in [4.78, 5) is 8.69. The largest absolute Gasteiger partial charge is 0.453 e. The molecule has 0 fully saturated rings. The van der Waals surface area contributed by atoms with E-state index in [1.807, 2.05) is 0 Å². The molecule has 0 aliphatic rings. The van der Waals surface area contributed by atoms with Crippen molar-refractivity contribution in [3.8, 4) is 22.9 Å². The van der Waals surface area contributed by atoms with E-state index < -0.39 is 39.2 Å². The SMILES string of the molecule is O=S(O)c1c(Oc2ccc(F)c(-c3ncc[nH]3)c2)c(F)c(F)c2[nH]ccc12. The van der Waals surface area contributed by atoms with Crippen LogP contribution in [-0.4, -0.2) is 23.7 Å². The van der Waals surface area contributed by atoms with Crippen LogP contribution in [0.4, 0.5) is 13.2 Å². The average Bonchev–Trinajstić information content (AvgIpc) is 3.32. The molecule has 0 saturated carbocycles.